The molecule has 2 heterocycles. The minimum absolute atomic E-state index is 0.0803. The summed E-state index contributed by atoms with van der Waals surface area (Å²) < 4.78 is 19.3. The fraction of sp³-hybridized carbons (Fsp3) is 0.667. The van der Waals surface area contributed by atoms with Crippen LogP contribution in [0.3, 0.4) is 0 Å². The number of rotatable bonds is 7. The van der Waals surface area contributed by atoms with E-state index in [1.807, 2.05) is 6.07 Å². The van der Waals surface area contributed by atoms with Crippen LogP contribution >= 0.6 is 0 Å². The van der Waals surface area contributed by atoms with Gasteiger partial charge in [0.25, 0.3) is 0 Å². The number of morpholine rings is 1. The molecule has 0 aliphatic carbocycles. The number of nitrogens with zero attached hydrogens (tertiary/aromatic N) is 3. The zero-order valence-electron chi connectivity index (χ0n) is 17.2. The lowest BCUT2D eigenvalue weighted by atomic mass is 10.0. The molecule has 7 heteroatoms. The summed E-state index contributed by atoms with van der Waals surface area (Å²) in [5.41, 5.74) is 0.984. The Morgan fingerprint density at radius 1 is 1.29 bits per heavy atom. The number of hydrogen-bond acceptors (Lipinski definition) is 4. The summed E-state index contributed by atoms with van der Waals surface area (Å²) in [7, 11) is 1.80. The van der Waals surface area contributed by atoms with Gasteiger partial charge in [-0.15, -0.1) is 0 Å². The number of guanidine groups is 1. The van der Waals surface area contributed by atoms with Crippen LogP contribution < -0.4 is 10.6 Å². The smallest absolute Gasteiger partial charge is 0.191 e. The summed E-state index contributed by atoms with van der Waals surface area (Å²) in [6.45, 7) is 9.20. The Kier molecular flexibility index (Phi) is 8.06. The number of ether oxygens (including phenoxy) is 1. The minimum atomic E-state index is -0.195. The molecule has 2 fully saturated rings. The number of likely N-dealkylation sites (tertiary alicyclic amines) is 1. The fourth-order valence-electron chi connectivity index (χ4n) is 4.23. The van der Waals surface area contributed by atoms with Gasteiger partial charge in [0, 0.05) is 39.3 Å². The van der Waals surface area contributed by atoms with Crippen LogP contribution in [0.2, 0.25) is 0 Å². The van der Waals surface area contributed by atoms with Crippen LogP contribution in [0.15, 0.2) is 29.3 Å². The second kappa shape index (κ2) is 10.7. The molecule has 2 N–H and O–H groups in total. The second-order valence-electron chi connectivity index (χ2n) is 7.48. The average Bonchev–Trinajstić information content (AvgIpc) is 3.19. The van der Waals surface area contributed by atoms with Crippen molar-refractivity contribution in [1.29, 1.82) is 0 Å². The predicted molar refractivity (Wildman–Crippen MR) is 111 cm³/mol. The summed E-state index contributed by atoms with van der Waals surface area (Å²) >= 11 is 0. The van der Waals surface area contributed by atoms with Gasteiger partial charge >= 0.3 is 0 Å². The van der Waals surface area contributed by atoms with Gasteiger partial charge in [0.05, 0.1) is 19.3 Å². The SMILES string of the molecule is CCN1CCCC1CNC(=NC)NCC(c1cccc(F)c1)N1CCOCC1. The standard InChI is InChI=1S/C21H34FN5O/c1-3-26-9-5-8-19(26)15-24-21(23-2)25-16-20(27-10-12-28-13-11-27)17-6-4-7-18(22)14-17/h4,6-7,14,19-20H,3,5,8-13,15-16H2,1-2H3,(H2,23,24,25). The molecule has 28 heavy (non-hydrogen) atoms. The van der Waals surface area contributed by atoms with E-state index in [0.717, 1.165) is 37.7 Å². The van der Waals surface area contributed by atoms with Crippen LogP contribution in [0.25, 0.3) is 0 Å². The highest BCUT2D eigenvalue weighted by atomic mass is 19.1. The molecule has 0 aromatic heterocycles. The number of aliphatic imine (C=N–C) groups is 1. The average molecular weight is 392 g/mol. The van der Waals surface area contributed by atoms with E-state index in [1.54, 1.807) is 19.2 Å². The lowest BCUT2D eigenvalue weighted by Crippen LogP contribution is -2.48. The van der Waals surface area contributed by atoms with Gasteiger partial charge in [-0.1, -0.05) is 19.1 Å². The van der Waals surface area contributed by atoms with E-state index >= 15 is 0 Å². The molecule has 0 spiro atoms. The molecule has 2 saturated heterocycles. The molecule has 0 bridgehead atoms. The van der Waals surface area contributed by atoms with Crippen LogP contribution in [-0.2, 0) is 4.74 Å². The fourth-order valence-corrected chi connectivity index (χ4v) is 4.23. The Morgan fingerprint density at radius 3 is 2.82 bits per heavy atom. The highest BCUT2D eigenvalue weighted by molar-refractivity contribution is 5.79. The Morgan fingerprint density at radius 2 is 2.11 bits per heavy atom. The molecule has 156 valence electrons. The lowest BCUT2D eigenvalue weighted by molar-refractivity contribution is 0.0169. The largest absolute Gasteiger partial charge is 0.379 e. The Labute approximate surface area is 168 Å². The highest BCUT2D eigenvalue weighted by Gasteiger charge is 2.25. The monoisotopic (exact) mass is 391 g/mol. The predicted octanol–water partition coefficient (Wildman–Crippen LogP) is 1.85. The van der Waals surface area contributed by atoms with Crippen molar-refractivity contribution in [2.45, 2.75) is 31.8 Å². The Bertz CT molecular complexity index is 635. The minimum Gasteiger partial charge on any atom is -0.379 e. The second-order valence-corrected chi connectivity index (χ2v) is 7.48. The van der Waals surface area contributed by atoms with E-state index in [9.17, 15) is 4.39 Å². The molecule has 2 aliphatic heterocycles. The van der Waals surface area contributed by atoms with Gasteiger partial charge < -0.3 is 15.4 Å². The summed E-state index contributed by atoms with van der Waals surface area (Å²) in [4.78, 5) is 9.26. The van der Waals surface area contributed by atoms with E-state index in [-0.39, 0.29) is 11.9 Å². The summed E-state index contributed by atoms with van der Waals surface area (Å²) in [6.07, 6.45) is 2.50. The Balaban J connectivity index is 1.59. The van der Waals surface area contributed by atoms with Gasteiger partial charge in [-0.2, -0.15) is 0 Å². The maximum Gasteiger partial charge on any atom is 0.191 e. The highest BCUT2D eigenvalue weighted by Crippen LogP contribution is 2.22. The molecule has 0 amide bonds. The van der Waals surface area contributed by atoms with Crippen molar-refractivity contribution in [2.24, 2.45) is 4.99 Å². The molecule has 0 saturated carbocycles. The quantitative estimate of drug-likeness (QED) is 0.549. The normalized spacial score (nSPS) is 23.0. The van der Waals surface area contributed by atoms with Gasteiger partial charge in [-0.25, -0.2) is 4.39 Å². The van der Waals surface area contributed by atoms with Crippen LogP contribution in [0.4, 0.5) is 4.39 Å². The van der Waals surface area contributed by atoms with Crippen LogP contribution in [0.5, 0.6) is 0 Å². The first-order valence-corrected chi connectivity index (χ1v) is 10.5. The number of nitrogens with one attached hydrogen (secondary N) is 2. The van der Waals surface area contributed by atoms with E-state index in [4.69, 9.17) is 4.74 Å². The van der Waals surface area contributed by atoms with Crippen LogP contribution in [0.1, 0.15) is 31.4 Å². The van der Waals surface area contributed by atoms with Crippen LogP contribution in [-0.4, -0.2) is 81.3 Å². The first-order valence-electron chi connectivity index (χ1n) is 10.5. The Hall–Kier alpha value is -1.70. The molecule has 6 nitrogen and oxygen atoms in total. The van der Waals surface area contributed by atoms with Gasteiger partial charge in [0.1, 0.15) is 5.82 Å². The van der Waals surface area contributed by atoms with Gasteiger partial charge in [0.2, 0.25) is 0 Å². The number of hydrogen-bond donors (Lipinski definition) is 2. The molecule has 0 radical (unpaired) electrons. The van der Waals surface area contributed by atoms with Crippen molar-refractivity contribution >= 4 is 5.96 Å². The summed E-state index contributed by atoms with van der Waals surface area (Å²) in [5, 5.41) is 6.93. The van der Waals surface area contributed by atoms with E-state index in [0.29, 0.717) is 25.8 Å². The van der Waals surface area contributed by atoms with Crippen molar-refractivity contribution in [3.63, 3.8) is 0 Å². The zero-order valence-corrected chi connectivity index (χ0v) is 17.2. The molecule has 1 aromatic carbocycles. The third-order valence-corrected chi connectivity index (χ3v) is 5.82. The van der Waals surface area contributed by atoms with Gasteiger partial charge in [-0.05, 0) is 43.6 Å². The van der Waals surface area contributed by atoms with Crippen LogP contribution in [0, 0.1) is 5.82 Å². The maximum absolute atomic E-state index is 13.8. The molecule has 2 aliphatic rings. The first kappa shape index (κ1) is 21.0. The summed E-state index contributed by atoms with van der Waals surface area (Å²) in [6, 6.07) is 7.56. The van der Waals surface area contributed by atoms with Crippen molar-refractivity contribution < 1.29 is 9.13 Å². The van der Waals surface area contributed by atoms with Crippen molar-refractivity contribution in [2.75, 3.05) is 59.5 Å². The third kappa shape index (κ3) is 5.65. The molecule has 2 atom stereocenters. The van der Waals surface area contributed by atoms with E-state index in [2.05, 4.69) is 32.3 Å². The maximum atomic E-state index is 13.8. The van der Waals surface area contributed by atoms with Gasteiger partial charge in [0.15, 0.2) is 5.96 Å². The third-order valence-electron chi connectivity index (χ3n) is 5.82. The molecule has 3 rings (SSSR count). The number of likely N-dealkylation sites (N-methyl/N-ethyl adjacent to an activating group) is 1. The molecular formula is C21H34FN5O. The summed E-state index contributed by atoms with van der Waals surface area (Å²) in [5.74, 6) is 0.608. The number of benzene rings is 1. The molecule has 1 aromatic rings. The van der Waals surface area contributed by atoms with Gasteiger partial charge in [-0.3, -0.25) is 14.8 Å². The van der Waals surface area contributed by atoms with Crippen molar-refractivity contribution in [3.8, 4) is 0 Å². The zero-order chi connectivity index (χ0) is 19.8. The van der Waals surface area contributed by atoms with Crippen molar-refractivity contribution in [3.05, 3.63) is 35.6 Å². The molecular weight excluding hydrogens is 357 g/mol. The molecule has 2 unspecified atom stereocenters. The number of halogens is 1. The lowest BCUT2D eigenvalue weighted by Gasteiger charge is -2.35. The van der Waals surface area contributed by atoms with E-state index < -0.39 is 0 Å². The topological polar surface area (TPSA) is 52.1 Å². The van der Waals surface area contributed by atoms with Crippen molar-refractivity contribution in [1.82, 2.24) is 20.4 Å². The first-order chi connectivity index (χ1) is 13.7. The van der Waals surface area contributed by atoms with E-state index in [1.165, 1.54) is 25.5 Å².